The highest BCUT2D eigenvalue weighted by atomic mass is 32.2. The topological polar surface area (TPSA) is 120 Å². The number of hydrogen-bond donors (Lipinski definition) is 1. The fourth-order valence-corrected chi connectivity index (χ4v) is 4.21. The number of hydrogen-bond acceptors (Lipinski definition) is 7. The third kappa shape index (κ3) is 5.67. The van der Waals surface area contributed by atoms with Gasteiger partial charge in [0.05, 0.1) is 22.0 Å². The second-order valence-corrected chi connectivity index (χ2v) is 9.95. The van der Waals surface area contributed by atoms with Crippen molar-refractivity contribution < 1.29 is 22.5 Å². The number of nitrogens with one attached hydrogen (secondary N) is 1. The molecule has 0 bridgehead atoms. The first-order valence-electron chi connectivity index (χ1n) is 10.8. The summed E-state index contributed by atoms with van der Waals surface area (Å²) >= 11 is 0. The van der Waals surface area contributed by atoms with Gasteiger partial charge in [0.25, 0.3) is 5.56 Å². The molecule has 10 heteroatoms. The van der Waals surface area contributed by atoms with Gasteiger partial charge in [-0.25, -0.2) is 13.4 Å². The van der Waals surface area contributed by atoms with Gasteiger partial charge in [-0.3, -0.25) is 9.59 Å². The van der Waals surface area contributed by atoms with E-state index >= 15 is 0 Å². The van der Waals surface area contributed by atoms with Crippen LogP contribution in [0, 0.1) is 6.92 Å². The van der Waals surface area contributed by atoms with Crippen molar-refractivity contribution in [3.63, 3.8) is 0 Å². The highest BCUT2D eigenvalue weighted by Crippen LogP contribution is 2.29. The molecule has 0 aliphatic rings. The lowest BCUT2D eigenvalue weighted by Crippen LogP contribution is -2.15. The van der Waals surface area contributed by atoms with Crippen LogP contribution in [0.1, 0.15) is 23.9 Å². The van der Waals surface area contributed by atoms with Gasteiger partial charge in [-0.2, -0.15) is 0 Å². The number of anilines is 1. The molecule has 2 aromatic carbocycles. The normalized spacial score (nSPS) is 11.7. The van der Waals surface area contributed by atoms with Crippen LogP contribution in [0.4, 0.5) is 5.69 Å². The van der Waals surface area contributed by atoms with Crippen LogP contribution in [0.5, 0.6) is 5.75 Å². The SMILES string of the molecule is CCS(=O)(=O)c1ccc(OCc2cc(=O)n3oc(C)cc3n2)c(NC(=O)/C=C/c2ccccc2)c1. The van der Waals surface area contributed by atoms with E-state index in [9.17, 15) is 18.0 Å². The minimum atomic E-state index is -3.51. The third-order valence-corrected chi connectivity index (χ3v) is 6.81. The fourth-order valence-electron chi connectivity index (χ4n) is 3.30. The number of carbonyl (C=O) groups is 1. The number of aryl methyl sites for hydroxylation is 1. The summed E-state index contributed by atoms with van der Waals surface area (Å²) in [4.78, 5) is 29.2. The van der Waals surface area contributed by atoms with Crippen LogP contribution in [-0.2, 0) is 21.2 Å². The molecule has 0 atom stereocenters. The zero-order valence-corrected chi connectivity index (χ0v) is 19.9. The molecule has 1 N–H and O–H groups in total. The summed E-state index contributed by atoms with van der Waals surface area (Å²) in [5.41, 5.74) is 1.31. The summed E-state index contributed by atoms with van der Waals surface area (Å²) in [6.07, 6.45) is 2.99. The van der Waals surface area contributed by atoms with Gasteiger partial charge in [0, 0.05) is 18.2 Å². The van der Waals surface area contributed by atoms with E-state index in [1.165, 1.54) is 30.3 Å². The number of amides is 1. The van der Waals surface area contributed by atoms with Crippen LogP contribution in [0.15, 0.2) is 81.0 Å². The van der Waals surface area contributed by atoms with Gasteiger partial charge in [0.15, 0.2) is 15.5 Å². The summed E-state index contributed by atoms with van der Waals surface area (Å²) in [5.74, 6) is 0.212. The lowest BCUT2D eigenvalue weighted by atomic mass is 10.2. The van der Waals surface area contributed by atoms with Crippen LogP contribution >= 0.6 is 0 Å². The highest BCUT2D eigenvalue weighted by molar-refractivity contribution is 7.91. The van der Waals surface area contributed by atoms with Gasteiger partial charge in [0.2, 0.25) is 5.91 Å². The summed E-state index contributed by atoms with van der Waals surface area (Å²) < 4.78 is 36.9. The molecule has 0 fully saturated rings. The number of carbonyl (C=O) groups excluding carboxylic acids is 1. The van der Waals surface area contributed by atoms with Crippen LogP contribution in [0.3, 0.4) is 0 Å². The maximum atomic E-state index is 12.6. The molecule has 0 spiro atoms. The minimum absolute atomic E-state index is 0.0568. The van der Waals surface area contributed by atoms with Crippen molar-refractivity contribution in [2.24, 2.45) is 0 Å². The third-order valence-electron chi connectivity index (χ3n) is 5.07. The van der Waals surface area contributed by atoms with E-state index in [1.807, 2.05) is 30.3 Å². The molecule has 9 nitrogen and oxygen atoms in total. The Morgan fingerprint density at radius 1 is 1.14 bits per heavy atom. The van der Waals surface area contributed by atoms with Crippen LogP contribution in [0.25, 0.3) is 11.7 Å². The quantitative estimate of drug-likeness (QED) is 0.372. The Bertz CT molecular complexity index is 1570. The van der Waals surface area contributed by atoms with E-state index in [2.05, 4.69) is 10.3 Å². The molecule has 0 aliphatic carbocycles. The van der Waals surface area contributed by atoms with Gasteiger partial charge in [-0.1, -0.05) is 37.3 Å². The molecule has 1 amide bonds. The van der Waals surface area contributed by atoms with Crippen molar-refractivity contribution in [2.75, 3.05) is 11.1 Å². The highest BCUT2D eigenvalue weighted by Gasteiger charge is 2.16. The van der Waals surface area contributed by atoms with Crippen molar-refractivity contribution in [2.45, 2.75) is 25.3 Å². The molecule has 0 saturated heterocycles. The van der Waals surface area contributed by atoms with E-state index in [4.69, 9.17) is 9.26 Å². The average Bonchev–Trinajstić information content (AvgIpc) is 3.23. The molecular weight excluding hydrogens is 470 g/mol. The molecule has 2 heterocycles. The van der Waals surface area contributed by atoms with E-state index in [1.54, 1.807) is 26.0 Å². The Hall–Kier alpha value is -4.18. The first-order chi connectivity index (χ1) is 16.7. The number of ether oxygens (including phenoxy) is 1. The molecule has 4 rings (SSSR count). The average molecular weight is 494 g/mol. The van der Waals surface area contributed by atoms with Crippen molar-refractivity contribution in [1.82, 2.24) is 9.56 Å². The molecule has 35 heavy (non-hydrogen) atoms. The second-order valence-electron chi connectivity index (χ2n) is 7.67. The summed E-state index contributed by atoms with van der Waals surface area (Å²) in [6.45, 7) is 3.16. The predicted octanol–water partition coefficient (Wildman–Crippen LogP) is 3.62. The molecule has 2 aromatic heterocycles. The minimum Gasteiger partial charge on any atom is -0.485 e. The van der Waals surface area contributed by atoms with Crippen molar-refractivity contribution in [3.8, 4) is 5.75 Å². The fraction of sp³-hybridized carbons (Fsp3) is 0.160. The summed E-state index contributed by atoms with van der Waals surface area (Å²) in [5, 5.41) is 2.68. The lowest BCUT2D eigenvalue weighted by molar-refractivity contribution is -0.111. The number of rotatable bonds is 8. The number of aromatic nitrogens is 2. The van der Waals surface area contributed by atoms with Crippen molar-refractivity contribution in [1.29, 1.82) is 0 Å². The largest absolute Gasteiger partial charge is 0.485 e. The van der Waals surface area contributed by atoms with Crippen LogP contribution < -0.4 is 15.6 Å². The molecular formula is C25H23N3O6S. The van der Waals surface area contributed by atoms with Crippen molar-refractivity contribution >= 4 is 33.2 Å². The second kappa shape index (κ2) is 9.98. The molecule has 180 valence electrons. The molecule has 0 unspecified atom stereocenters. The van der Waals surface area contributed by atoms with Crippen LogP contribution in [-0.4, -0.2) is 29.6 Å². The predicted molar refractivity (Wildman–Crippen MR) is 131 cm³/mol. The molecule has 4 aromatic rings. The first kappa shape index (κ1) is 24.0. The number of benzene rings is 2. The zero-order valence-electron chi connectivity index (χ0n) is 19.1. The Balaban J connectivity index is 1.60. The van der Waals surface area contributed by atoms with Gasteiger partial charge in [-0.05, 0) is 36.8 Å². The first-order valence-corrected chi connectivity index (χ1v) is 12.4. The van der Waals surface area contributed by atoms with E-state index < -0.39 is 21.3 Å². The molecule has 0 saturated carbocycles. The maximum absolute atomic E-state index is 12.6. The van der Waals surface area contributed by atoms with Crippen molar-refractivity contribution in [3.05, 3.63) is 94.1 Å². The Labute approximate surface area is 201 Å². The maximum Gasteiger partial charge on any atom is 0.287 e. The Kier molecular flexibility index (Phi) is 6.83. The van der Waals surface area contributed by atoms with Gasteiger partial charge in [0.1, 0.15) is 18.1 Å². The number of sulfone groups is 1. The van der Waals surface area contributed by atoms with Gasteiger partial charge >= 0.3 is 0 Å². The van der Waals surface area contributed by atoms with Gasteiger partial charge < -0.3 is 14.6 Å². The zero-order chi connectivity index (χ0) is 25.0. The van der Waals surface area contributed by atoms with Gasteiger partial charge in [-0.15, -0.1) is 4.57 Å². The standard InChI is InChI=1S/C25H23N3O6S/c1-3-35(31,32)20-10-11-22(21(15-20)27-24(29)12-9-18-7-5-4-6-8-18)33-16-19-14-25(30)28-23(26-19)13-17(2)34-28/h4-15H,3,16H2,1-2H3,(H,27,29)/b12-9+. The van der Waals surface area contributed by atoms with E-state index in [0.717, 1.165) is 10.1 Å². The Morgan fingerprint density at radius 3 is 2.66 bits per heavy atom. The van der Waals surface area contributed by atoms with Crippen LogP contribution in [0.2, 0.25) is 0 Å². The summed E-state index contributed by atoms with van der Waals surface area (Å²) in [7, 11) is -3.51. The summed E-state index contributed by atoms with van der Waals surface area (Å²) in [6, 6.07) is 16.4. The molecule has 0 aliphatic heterocycles. The monoisotopic (exact) mass is 493 g/mol. The molecule has 0 radical (unpaired) electrons. The van der Waals surface area contributed by atoms with E-state index in [-0.39, 0.29) is 28.7 Å². The number of nitrogens with zero attached hydrogens (tertiary/aromatic N) is 2. The smallest absolute Gasteiger partial charge is 0.287 e. The number of fused-ring (bicyclic) bond motifs is 1. The Morgan fingerprint density at radius 2 is 1.91 bits per heavy atom. The van der Waals surface area contributed by atoms with E-state index in [0.29, 0.717) is 17.1 Å². The lowest BCUT2D eigenvalue weighted by Gasteiger charge is -2.13.